The summed E-state index contributed by atoms with van der Waals surface area (Å²) >= 11 is 0. The Morgan fingerprint density at radius 3 is 2.14 bits per heavy atom. The normalized spacial score (nSPS) is 16.8. The van der Waals surface area contributed by atoms with Gasteiger partial charge in [-0.1, -0.05) is 13.8 Å². The van der Waals surface area contributed by atoms with Gasteiger partial charge in [0.1, 0.15) is 0 Å². The minimum absolute atomic E-state index is 0.547. The molecule has 0 atom stereocenters. The molecule has 0 aliphatic carbocycles. The summed E-state index contributed by atoms with van der Waals surface area (Å²) in [6.45, 7) is 13.5. The van der Waals surface area contributed by atoms with Gasteiger partial charge in [-0.3, -0.25) is 4.90 Å². The summed E-state index contributed by atoms with van der Waals surface area (Å²) in [6.07, 6.45) is 1.90. The first-order chi connectivity index (χ1) is 10.1. The predicted octanol–water partition coefficient (Wildman–Crippen LogP) is 1.59. The number of aromatic nitrogens is 2. The third kappa shape index (κ3) is 3.35. The van der Waals surface area contributed by atoms with Gasteiger partial charge in [0.05, 0.1) is 5.69 Å². The van der Waals surface area contributed by atoms with E-state index in [1.807, 2.05) is 0 Å². The highest BCUT2D eigenvalue weighted by atomic mass is 15.3. The quantitative estimate of drug-likeness (QED) is 0.893. The maximum atomic E-state index is 6.03. The van der Waals surface area contributed by atoms with Crippen molar-refractivity contribution in [3.63, 3.8) is 0 Å². The van der Waals surface area contributed by atoms with Crippen LogP contribution in [0.1, 0.15) is 44.5 Å². The lowest BCUT2D eigenvalue weighted by molar-refractivity contribution is 0.209. The largest absolute Gasteiger partial charge is 0.352 e. The highest BCUT2D eigenvalue weighted by Gasteiger charge is 2.23. The van der Waals surface area contributed by atoms with Gasteiger partial charge in [-0.2, -0.15) is 5.10 Å². The van der Waals surface area contributed by atoms with E-state index in [2.05, 4.69) is 47.7 Å². The summed E-state index contributed by atoms with van der Waals surface area (Å²) in [4.78, 5) is 4.86. The summed E-state index contributed by atoms with van der Waals surface area (Å²) < 4.78 is 0. The van der Waals surface area contributed by atoms with Gasteiger partial charge in [0, 0.05) is 44.3 Å². The Labute approximate surface area is 128 Å². The molecule has 2 N–H and O–H groups in total. The molecule has 1 aliphatic rings. The zero-order valence-electron chi connectivity index (χ0n) is 13.9. The number of piperazine rings is 1. The molecule has 0 radical (unpaired) electrons. The summed E-state index contributed by atoms with van der Waals surface area (Å²) in [5, 5.41) is 8.94. The van der Waals surface area contributed by atoms with Crippen LogP contribution in [-0.2, 0) is 19.4 Å². The SMILES string of the molecule is CCc1nnc(N2CCN(C(C)C)CC2)c(CN)c1CC. The first-order valence-corrected chi connectivity index (χ1v) is 8.18. The molecule has 21 heavy (non-hydrogen) atoms. The highest BCUT2D eigenvalue weighted by Crippen LogP contribution is 2.24. The van der Waals surface area contributed by atoms with Gasteiger partial charge in [0.25, 0.3) is 0 Å². The average Bonchev–Trinajstić information content (AvgIpc) is 2.53. The summed E-state index contributed by atoms with van der Waals surface area (Å²) in [5.74, 6) is 1.01. The van der Waals surface area contributed by atoms with Crippen LogP contribution in [0.2, 0.25) is 0 Å². The Morgan fingerprint density at radius 1 is 1.00 bits per heavy atom. The van der Waals surface area contributed by atoms with Crippen molar-refractivity contribution in [2.45, 2.75) is 53.1 Å². The van der Waals surface area contributed by atoms with Crippen LogP contribution in [0.25, 0.3) is 0 Å². The molecule has 5 heteroatoms. The first kappa shape index (κ1) is 16.2. The van der Waals surface area contributed by atoms with E-state index < -0.39 is 0 Å². The second-order valence-corrected chi connectivity index (χ2v) is 5.96. The number of nitrogens with zero attached hydrogens (tertiary/aromatic N) is 4. The first-order valence-electron chi connectivity index (χ1n) is 8.18. The maximum absolute atomic E-state index is 6.03. The van der Waals surface area contributed by atoms with Crippen LogP contribution in [0.5, 0.6) is 0 Å². The monoisotopic (exact) mass is 291 g/mol. The van der Waals surface area contributed by atoms with Crippen LogP contribution in [0.3, 0.4) is 0 Å². The Bertz CT molecular complexity index is 464. The predicted molar refractivity (Wildman–Crippen MR) is 87.6 cm³/mol. The second-order valence-electron chi connectivity index (χ2n) is 5.96. The number of hydrogen-bond acceptors (Lipinski definition) is 5. The molecule has 1 saturated heterocycles. The Morgan fingerprint density at radius 2 is 1.67 bits per heavy atom. The van der Waals surface area contributed by atoms with Gasteiger partial charge in [-0.25, -0.2) is 0 Å². The van der Waals surface area contributed by atoms with Crippen molar-refractivity contribution in [3.8, 4) is 0 Å². The molecule has 0 spiro atoms. The minimum Gasteiger partial charge on any atom is -0.352 e. The van der Waals surface area contributed by atoms with Gasteiger partial charge in [0.2, 0.25) is 0 Å². The summed E-state index contributed by atoms with van der Waals surface area (Å²) in [6, 6.07) is 0.612. The second kappa shape index (κ2) is 7.18. The topological polar surface area (TPSA) is 58.3 Å². The maximum Gasteiger partial charge on any atom is 0.156 e. The van der Waals surface area contributed by atoms with Gasteiger partial charge in [0.15, 0.2) is 5.82 Å². The Kier molecular flexibility index (Phi) is 5.53. The van der Waals surface area contributed by atoms with E-state index in [0.29, 0.717) is 12.6 Å². The zero-order valence-corrected chi connectivity index (χ0v) is 13.9. The number of nitrogens with two attached hydrogens (primary N) is 1. The van der Waals surface area contributed by atoms with E-state index in [9.17, 15) is 0 Å². The molecule has 2 heterocycles. The minimum atomic E-state index is 0.547. The molecule has 0 saturated carbocycles. The molecule has 0 aromatic carbocycles. The fourth-order valence-corrected chi connectivity index (χ4v) is 3.16. The molecule has 0 unspecified atom stereocenters. The number of hydrogen-bond donors (Lipinski definition) is 1. The van der Waals surface area contributed by atoms with Gasteiger partial charge in [-0.15, -0.1) is 5.10 Å². The van der Waals surface area contributed by atoms with Gasteiger partial charge >= 0.3 is 0 Å². The summed E-state index contributed by atoms with van der Waals surface area (Å²) in [5.41, 5.74) is 9.63. The van der Waals surface area contributed by atoms with Gasteiger partial charge in [-0.05, 0) is 32.3 Å². The lowest BCUT2D eigenvalue weighted by Crippen LogP contribution is -2.49. The third-order valence-electron chi connectivity index (χ3n) is 4.48. The van der Waals surface area contributed by atoms with Crippen molar-refractivity contribution >= 4 is 5.82 Å². The van der Waals surface area contributed by atoms with E-state index in [4.69, 9.17) is 5.73 Å². The smallest absolute Gasteiger partial charge is 0.156 e. The van der Waals surface area contributed by atoms with Crippen molar-refractivity contribution in [1.29, 1.82) is 0 Å². The van der Waals surface area contributed by atoms with Crippen LogP contribution in [0, 0.1) is 0 Å². The molecule has 1 aromatic rings. The Balaban J connectivity index is 2.24. The molecule has 1 aliphatic heterocycles. The van der Waals surface area contributed by atoms with Crippen LogP contribution in [-0.4, -0.2) is 47.3 Å². The molecular formula is C16H29N5. The van der Waals surface area contributed by atoms with E-state index in [-0.39, 0.29) is 0 Å². The molecule has 1 aromatic heterocycles. The Hall–Kier alpha value is -1.20. The number of anilines is 1. The lowest BCUT2D eigenvalue weighted by Gasteiger charge is -2.38. The molecule has 5 nitrogen and oxygen atoms in total. The standard InChI is InChI=1S/C16H29N5/c1-5-13-14(11-17)16(19-18-15(13)6-2)21-9-7-20(8-10-21)12(3)4/h12H,5-11,17H2,1-4H3. The highest BCUT2D eigenvalue weighted by molar-refractivity contribution is 5.51. The van der Waals surface area contributed by atoms with Crippen LogP contribution < -0.4 is 10.6 Å². The van der Waals surface area contributed by atoms with Crippen molar-refractivity contribution in [2.75, 3.05) is 31.1 Å². The molecule has 0 amide bonds. The van der Waals surface area contributed by atoms with Crippen molar-refractivity contribution in [3.05, 3.63) is 16.8 Å². The zero-order chi connectivity index (χ0) is 15.4. The van der Waals surface area contributed by atoms with Crippen LogP contribution >= 0.6 is 0 Å². The van der Waals surface area contributed by atoms with Crippen molar-refractivity contribution in [1.82, 2.24) is 15.1 Å². The molecular weight excluding hydrogens is 262 g/mol. The van der Waals surface area contributed by atoms with Crippen molar-refractivity contribution in [2.24, 2.45) is 5.73 Å². The third-order valence-corrected chi connectivity index (χ3v) is 4.48. The molecule has 118 valence electrons. The van der Waals surface area contributed by atoms with E-state index >= 15 is 0 Å². The molecule has 1 fully saturated rings. The average molecular weight is 291 g/mol. The van der Waals surface area contributed by atoms with E-state index in [1.165, 1.54) is 11.1 Å². The van der Waals surface area contributed by atoms with Crippen LogP contribution in [0.15, 0.2) is 0 Å². The van der Waals surface area contributed by atoms with Crippen molar-refractivity contribution < 1.29 is 0 Å². The fraction of sp³-hybridized carbons (Fsp3) is 0.750. The van der Waals surface area contributed by atoms with E-state index in [0.717, 1.165) is 50.5 Å². The van der Waals surface area contributed by atoms with Gasteiger partial charge < -0.3 is 10.6 Å². The molecule has 0 bridgehead atoms. The van der Waals surface area contributed by atoms with Crippen LogP contribution in [0.4, 0.5) is 5.82 Å². The fourth-order valence-electron chi connectivity index (χ4n) is 3.16. The number of aryl methyl sites for hydroxylation is 1. The van der Waals surface area contributed by atoms with E-state index in [1.54, 1.807) is 0 Å². The summed E-state index contributed by atoms with van der Waals surface area (Å²) in [7, 11) is 0. The number of rotatable bonds is 5. The molecule has 2 rings (SSSR count). The lowest BCUT2D eigenvalue weighted by atomic mass is 10.0.